The Labute approximate surface area is 197 Å². The van der Waals surface area contributed by atoms with Crippen LogP contribution in [0.2, 0.25) is 0 Å². The molecule has 0 amide bonds. The summed E-state index contributed by atoms with van der Waals surface area (Å²) in [7, 11) is -4.16. The second-order valence-corrected chi connectivity index (χ2v) is 12.5. The highest BCUT2D eigenvalue weighted by Crippen LogP contribution is 2.53. The standard InChI is InChI=1S/C29H33O3P/c1-18-14-15-19(2)26(22(18)5)28(31)33(32,24-12-10-9-11-13-24)27(30)25-20(3)16-23(17-21(25)4)29(6,7)8/h9-17H,1-8H3. The molecule has 0 aliphatic rings. The van der Waals surface area contributed by atoms with Gasteiger partial charge in [0.25, 0.3) is 0 Å². The molecule has 0 heterocycles. The van der Waals surface area contributed by atoms with Crippen LogP contribution in [0, 0.1) is 34.6 Å². The summed E-state index contributed by atoms with van der Waals surface area (Å²) in [6.45, 7) is 15.7. The predicted molar refractivity (Wildman–Crippen MR) is 138 cm³/mol. The van der Waals surface area contributed by atoms with Crippen molar-refractivity contribution in [3.8, 4) is 0 Å². The minimum Gasteiger partial charge on any atom is -0.302 e. The maximum absolute atomic E-state index is 14.7. The first-order chi connectivity index (χ1) is 15.3. The Bertz CT molecular complexity index is 1270. The van der Waals surface area contributed by atoms with Crippen molar-refractivity contribution < 1.29 is 14.2 Å². The monoisotopic (exact) mass is 460 g/mol. The maximum atomic E-state index is 14.7. The molecule has 0 aliphatic heterocycles. The summed E-state index contributed by atoms with van der Waals surface area (Å²) in [6.07, 6.45) is 0. The number of hydrogen-bond donors (Lipinski definition) is 0. The molecule has 1 unspecified atom stereocenters. The first-order valence-corrected chi connectivity index (χ1v) is 12.9. The van der Waals surface area contributed by atoms with Crippen molar-refractivity contribution in [2.24, 2.45) is 0 Å². The molecule has 3 aromatic rings. The van der Waals surface area contributed by atoms with Gasteiger partial charge in [-0.15, -0.1) is 0 Å². The van der Waals surface area contributed by atoms with Gasteiger partial charge in [-0.3, -0.25) is 9.59 Å². The van der Waals surface area contributed by atoms with Gasteiger partial charge in [0.2, 0.25) is 18.2 Å². The molecule has 172 valence electrons. The van der Waals surface area contributed by atoms with Crippen molar-refractivity contribution in [3.05, 3.63) is 99.1 Å². The van der Waals surface area contributed by atoms with E-state index in [0.717, 1.165) is 33.4 Å². The molecule has 0 aliphatic carbocycles. The van der Waals surface area contributed by atoms with E-state index in [1.165, 1.54) is 0 Å². The molecular weight excluding hydrogens is 427 g/mol. The third-order valence-electron chi connectivity index (χ3n) is 6.46. The number of carbonyl (C=O) groups is 2. The molecule has 0 saturated heterocycles. The SMILES string of the molecule is Cc1ccc(C)c(C(=O)P(=O)(C(=O)c2c(C)cc(C(C)(C)C)cc2C)c2ccccc2)c1C. The van der Waals surface area contributed by atoms with E-state index in [9.17, 15) is 14.2 Å². The third-order valence-corrected chi connectivity index (χ3v) is 9.08. The van der Waals surface area contributed by atoms with Crippen LogP contribution in [0.4, 0.5) is 0 Å². The Hall–Kier alpha value is -2.77. The van der Waals surface area contributed by atoms with Crippen LogP contribution in [0.3, 0.4) is 0 Å². The first kappa shape index (κ1) is 24.9. The molecule has 0 aromatic heterocycles. The summed E-state index contributed by atoms with van der Waals surface area (Å²) in [5.74, 6) is 0. The summed E-state index contributed by atoms with van der Waals surface area (Å²) in [4.78, 5) is 28.1. The van der Waals surface area contributed by atoms with Crippen LogP contribution in [0.1, 0.15) is 74.9 Å². The van der Waals surface area contributed by atoms with E-state index in [1.54, 1.807) is 30.3 Å². The Morgan fingerprint density at radius 3 is 1.67 bits per heavy atom. The summed E-state index contributed by atoms with van der Waals surface area (Å²) in [5.41, 5.74) is 4.50. The molecule has 3 aromatic carbocycles. The highest BCUT2D eigenvalue weighted by Gasteiger charge is 2.44. The Morgan fingerprint density at radius 1 is 0.667 bits per heavy atom. The zero-order chi connectivity index (χ0) is 24.7. The third kappa shape index (κ3) is 4.39. The molecule has 0 fully saturated rings. The van der Waals surface area contributed by atoms with Gasteiger partial charge in [-0.1, -0.05) is 75.4 Å². The van der Waals surface area contributed by atoms with Gasteiger partial charge in [-0.25, -0.2) is 0 Å². The lowest BCUT2D eigenvalue weighted by atomic mass is 9.84. The van der Waals surface area contributed by atoms with Crippen molar-refractivity contribution in [1.29, 1.82) is 0 Å². The molecule has 3 nitrogen and oxygen atoms in total. The average Bonchev–Trinajstić information content (AvgIpc) is 2.75. The summed E-state index contributed by atoms with van der Waals surface area (Å²) in [6, 6.07) is 16.2. The lowest BCUT2D eigenvalue weighted by Gasteiger charge is -2.24. The molecule has 1 atom stereocenters. The number of carbonyl (C=O) groups excluding carboxylic acids is 2. The zero-order valence-electron chi connectivity index (χ0n) is 20.9. The number of benzene rings is 3. The fraction of sp³-hybridized carbons (Fsp3) is 0.310. The van der Waals surface area contributed by atoms with E-state index in [2.05, 4.69) is 20.8 Å². The fourth-order valence-corrected chi connectivity index (χ4v) is 6.87. The Kier molecular flexibility index (Phi) is 6.69. The van der Waals surface area contributed by atoms with Crippen molar-refractivity contribution in [2.45, 2.75) is 60.8 Å². The van der Waals surface area contributed by atoms with Crippen LogP contribution in [0.15, 0.2) is 54.6 Å². The highest BCUT2D eigenvalue weighted by atomic mass is 31.2. The van der Waals surface area contributed by atoms with E-state index < -0.39 is 18.2 Å². The normalized spacial score (nSPS) is 13.5. The van der Waals surface area contributed by atoms with Crippen molar-refractivity contribution in [1.82, 2.24) is 0 Å². The van der Waals surface area contributed by atoms with Gasteiger partial charge in [-0.05, 0) is 73.4 Å². The summed E-state index contributed by atoms with van der Waals surface area (Å²) in [5, 5.41) is 0.277. The van der Waals surface area contributed by atoms with E-state index in [1.807, 2.05) is 58.9 Å². The van der Waals surface area contributed by atoms with Gasteiger partial charge in [0, 0.05) is 16.4 Å². The second-order valence-electron chi connectivity index (χ2n) is 9.99. The number of rotatable bonds is 5. The fourth-order valence-electron chi connectivity index (χ4n) is 4.29. The van der Waals surface area contributed by atoms with Crippen LogP contribution in [0.5, 0.6) is 0 Å². The van der Waals surface area contributed by atoms with Crippen molar-refractivity contribution in [2.75, 3.05) is 0 Å². The molecule has 0 radical (unpaired) electrons. The van der Waals surface area contributed by atoms with Gasteiger partial charge >= 0.3 is 0 Å². The molecular formula is C29H33O3P. The van der Waals surface area contributed by atoms with E-state index in [4.69, 9.17) is 0 Å². The van der Waals surface area contributed by atoms with Crippen LogP contribution in [-0.2, 0) is 9.98 Å². The molecule has 0 spiro atoms. The quantitative estimate of drug-likeness (QED) is 0.379. The number of hydrogen-bond acceptors (Lipinski definition) is 3. The highest BCUT2D eigenvalue weighted by molar-refractivity contribution is 8.01. The molecule has 4 heteroatoms. The van der Waals surface area contributed by atoms with Gasteiger partial charge in [-0.2, -0.15) is 0 Å². The van der Waals surface area contributed by atoms with Gasteiger partial charge in [0.1, 0.15) is 0 Å². The summed E-state index contributed by atoms with van der Waals surface area (Å²) >= 11 is 0. The van der Waals surface area contributed by atoms with E-state index in [-0.39, 0.29) is 10.7 Å². The average molecular weight is 461 g/mol. The molecule has 0 saturated carbocycles. The Balaban J connectivity index is 2.31. The molecule has 0 N–H and O–H groups in total. The van der Waals surface area contributed by atoms with Crippen LogP contribution in [0.25, 0.3) is 0 Å². The second kappa shape index (κ2) is 8.88. The molecule has 33 heavy (non-hydrogen) atoms. The van der Waals surface area contributed by atoms with Gasteiger partial charge in [0.15, 0.2) is 0 Å². The predicted octanol–water partition coefficient (Wildman–Crippen LogP) is 7.20. The van der Waals surface area contributed by atoms with Crippen LogP contribution >= 0.6 is 7.14 Å². The van der Waals surface area contributed by atoms with Gasteiger partial charge in [0.05, 0.1) is 0 Å². The number of aryl methyl sites for hydroxylation is 4. The minimum absolute atomic E-state index is 0.0914. The van der Waals surface area contributed by atoms with Crippen LogP contribution < -0.4 is 5.30 Å². The maximum Gasteiger partial charge on any atom is 0.248 e. The van der Waals surface area contributed by atoms with Crippen molar-refractivity contribution in [3.63, 3.8) is 0 Å². The summed E-state index contributed by atoms with van der Waals surface area (Å²) < 4.78 is 14.7. The van der Waals surface area contributed by atoms with E-state index in [0.29, 0.717) is 11.1 Å². The van der Waals surface area contributed by atoms with Crippen LogP contribution in [-0.4, -0.2) is 11.0 Å². The van der Waals surface area contributed by atoms with E-state index >= 15 is 0 Å². The lowest BCUT2D eigenvalue weighted by Crippen LogP contribution is -2.23. The Morgan fingerprint density at radius 2 is 1.15 bits per heavy atom. The molecule has 3 rings (SSSR count). The zero-order valence-corrected chi connectivity index (χ0v) is 21.8. The smallest absolute Gasteiger partial charge is 0.248 e. The topological polar surface area (TPSA) is 51.2 Å². The molecule has 0 bridgehead atoms. The lowest BCUT2D eigenvalue weighted by molar-refractivity contribution is 0.104. The van der Waals surface area contributed by atoms with Gasteiger partial charge < -0.3 is 4.57 Å². The minimum atomic E-state index is -4.16. The van der Waals surface area contributed by atoms with Crippen molar-refractivity contribution >= 4 is 23.5 Å². The largest absolute Gasteiger partial charge is 0.302 e. The first-order valence-electron chi connectivity index (χ1n) is 11.2.